The van der Waals surface area contributed by atoms with Gasteiger partial charge in [-0.25, -0.2) is 4.39 Å². The Hall–Kier alpha value is -2.99. The topological polar surface area (TPSA) is 58.1 Å². The molecule has 3 heterocycles. The number of hydrogen-bond donors (Lipinski definition) is 1. The van der Waals surface area contributed by atoms with E-state index in [1.807, 2.05) is 4.90 Å². The summed E-state index contributed by atoms with van der Waals surface area (Å²) in [6, 6.07) is 7.99. The Morgan fingerprint density at radius 3 is 2.65 bits per heavy atom. The molecule has 3 aromatic rings. The van der Waals surface area contributed by atoms with E-state index >= 15 is 0 Å². The average Bonchev–Trinajstić information content (AvgIpc) is 3.30. The number of nitrogens with zero attached hydrogens (tertiary/aromatic N) is 3. The predicted octanol–water partition coefficient (Wildman–Crippen LogP) is 6.04. The maximum atomic E-state index is 14.4. The number of pyridine rings is 2. The molecular formula is C24H24ClFN4O. The van der Waals surface area contributed by atoms with Crippen LogP contribution in [-0.2, 0) is 0 Å². The van der Waals surface area contributed by atoms with Gasteiger partial charge in [0, 0.05) is 48.0 Å². The second kappa shape index (κ2) is 9.02. The van der Waals surface area contributed by atoms with Crippen LogP contribution in [0, 0.1) is 5.82 Å². The van der Waals surface area contributed by atoms with E-state index < -0.39 is 5.82 Å². The minimum absolute atomic E-state index is 0.0330. The first kappa shape index (κ1) is 21.2. The molecule has 4 rings (SSSR count). The molecule has 1 aliphatic heterocycles. The van der Waals surface area contributed by atoms with Gasteiger partial charge in [-0.3, -0.25) is 14.8 Å². The zero-order chi connectivity index (χ0) is 22.0. The van der Waals surface area contributed by atoms with Crippen LogP contribution in [0.1, 0.15) is 48.5 Å². The molecular weight excluding hydrogens is 415 g/mol. The van der Waals surface area contributed by atoms with Crippen molar-refractivity contribution < 1.29 is 9.18 Å². The van der Waals surface area contributed by atoms with Crippen LogP contribution in [0.2, 0.25) is 5.02 Å². The molecule has 31 heavy (non-hydrogen) atoms. The second-order valence-electron chi connectivity index (χ2n) is 7.98. The number of carbonyl (C=O) groups excluding carboxylic acids is 1. The number of amides is 1. The Balaban J connectivity index is 1.74. The van der Waals surface area contributed by atoms with Crippen molar-refractivity contribution in [2.75, 3.05) is 18.4 Å². The summed E-state index contributed by atoms with van der Waals surface area (Å²) in [5.41, 5.74) is 3.70. The average molecular weight is 439 g/mol. The third-order valence-corrected chi connectivity index (χ3v) is 5.71. The number of hydrogen-bond acceptors (Lipinski definition) is 4. The lowest BCUT2D eigenvalue weighted by Gasteiger charge is -2.20. The van der Waals surface area contributed by atoms with Crippen molar-refractivity contribution in [2.24, 2.45) is 0 Å². The first-order valence-electron chi connectivity index (χ1n) is 10.4. The lowest BCUT2D eigenvalue weighted by Crippen LogP contribution is -2.28. The number of halogens is 2. The van der Waals surface area contributed by atoms with Crippen LogP contribution in [0.4, 0.5) is 15.8 Å². The molecule has 1 aromatic carbocycles. The molecule has 1 fully saturated rings. The molecule has 0 spiro atoms. The highest BCUT2D eigenvalue weighted by molar-refractivity contribution is 6.30. The predicted molar refractivity (Wildman–Crippen MR) is 121 cm³/mol. The summed E-state index contributed by atoms with van der Waals surface area (Å²) in [4.78, 5) is 23.5. The first-order valence-corrected chi connectivity index (χ1v) is 10.8. The number of aromatic nitrogens is 2. The van der Waals surface area contributed by atoms with Gasteiger partial charge >= 0.3 is 0 Å². The van der Waals surface area contributed by atoms with Crippen LogP contribution in [0.3, 0.4) is 0 Å². The van der Waals surface area contributed by atoms with E-state index in [1.165, 1.54) is 12.1 Å². The van der Waals surface area contributed by atoms with Gasteiger partial charge in [0.05, 0.1) is 16.9 Å². The van der Waals surface area contributed by atoms with Crippen LogP contribution in [0.5, 0.6) is 0 Å². The van der Waals surface area contributed by atoms with Gasteiger partial charge in [0.2, 0.25) is 0 Å². The fourth-order valence-corrected chi connectivity index (χ4v) is 3.96. The maximum absolute atomic E-state index is 14.4. The van der Waals surface area contributed by atoms with Crippen LogP contribution in [-0.4, -0.2) is 33.9 Å². The first-order chi connectivity index (χ1) is 14.9. The summed E-state index contributed by atoms with van der Waals surface area (Å²) in [6.45, 7) is 5.64. The Bertz CT molecular complexity index is 1110. The fraction of sp³-hybridized carbons (Fsp3) is 0.292. The summed E-state index contributed by atoms with van der Waals surface area (Å²) < 4.78 is 14.4. The van der Waals surface area contributed by atoms with Crippen molar-refractivity contribution in [3.8, 4) is 11.3 Å². The van der Waals surface area contributed by atoms with E-state index in [2.05, 4.69) is 29.1 Å². The molecule has 0 atom stereocenters. The van der Waals surface area contributed by atoms with Crippen molar-refractivity contribution >= 4 is 28.9 Å². The highest BCUT2D eigenvalue weighted by Crippen LogP contribution is 2.33. The van der Waals surface area contributed by atoms with E-state index in [9.17, 15) is 9.18 Å². The third kappa shape index (κ3) is 4.54. The van der Waals surface area contributed by atoms with Gasteiger partial charge in [-0.1, -0.05) is 25.4 Å². The normalized spacial score (nSPS) is 13.6. The third-order valence-electron chi connectivity index (χ3n) is 5.48. The zero-order valence-corrected chi connectivity index (χ0v) is 18.3. The van der Waals surface area contributed by atoms with Gasteiger partial charge in [-0.2, -0.15) is 0 Å². The van der Waals surface area contributed by atoms with Crippen molar-refractivity contribution in [1.29, 1.82) is 0 Å². The largest absolute Gasteiger partial charge is 0.354 e. The lowest BCUT2D eigenvalue weighted by atomic mass is 10.0. The molecule has 7 heteroatoms. The number of nitrogens with one attached hydrogen (secondary N) is 1. The van der Waals surface area contributed by atoms with Crippen LogP contribution in [0.25, 0.3) is 11.3 Å². The second-order valence-corrected chi connectivity index (χ2v) is 8.42. The Kier molecular flexibility index (Phi) is 6.18. The Morgan fingerprint density at radius 1 is 1.13 bits per heavy atom. The number of anilines is 2. The summed E-state index contributed by atoms with van der Waals surface area (Å²) in [5.74, 6) is -0.254. The van der Waals surface area contributed by atoms with Gasteiger partial charge in [-0.15, -0.1) is 0 Å². The number of rotatable bonds is 5. The molecule has 0 radical (unpaired) electrons. The Labute approximate surface area is 186 Å². The molecule has 1 N–H and O–H groups in total. The lowest BCUT2D eigenvalue weighted by molar-refractivity contribution is 0.0793. The maximum Gasteiger partial charge on any atom is 0.257 e. The van der Waals surface area contributed by atoms with Crippen molar-refractivity contribution in [1.82, 2.24) is 14.9 Å². The fourth-order valence-electron chi connectivity index (χ4n) is 3.78. The summed E-state index contributed by atoms with van der Waals surface area (Å²) in [6.07, 6.45) is 7.02. The molecule has 5 nitrogen and oxygen atoms in total. The van der Waals surface area contributed by atoms with Gasteiger partial charge in [-0.05, 0) is 54.7 Å². The monoisotopic (exact) mass is 438 g/mol. The molecule has 0 saturated carbocycles. The smallest absolute Gasteiger partial charge is 0.257 e. The van der Waals surface area contributed by atoms with E-state index in [4.69, 9.17) is 11.6 Å². The molecule has 0 bridgehead atoms. The standard InChI is InChI=1S/C24H24ClFN4O/c1-15(2)18-14-28-22(17-11-16(25)5-6-20(17)26)12-23(18)29-21-7-8-27-13-19(21)24(31)30-9-3-4-10-30/h5-8,11-15H,3-4,9-10H2,1-2H3,(H,27,28,29). The van der Waals surface area contributed by atoms with Crippen LogP contribution in [0.15, 0.2) is 48.9 Å². The van der Waals surface area contributed by atoms with Crippen molar-refractivity contribution in [3.05, 3.63) is 70.9 Å². The van der Waals surface area contributed by atoms with Gasteiger partial charge < -0.3 is 10.2 Å². The van der Waals surface area contributed by atoms with Gasteiger partial charge in [0.25, 0.3) is 5.91 Å². The molecule has 160 valence electrons. The number of likely N-dealkylation sites (tertiary alicyclic amines) is 1. The van der Waals surface area contributed by atoms with E-state index in [0.29, 0.717) is 27.5 Å². The van der Waals surface area contributed by atoms with Crippen LogP contribution >= 0.6 is 11.6 Å². The Morgan fingerprint density at radius 2 is 1.90 bits per heavy atom. The van der Waals surface area contributed by atoms with E-state index in [-0.39, 0.29) is 11.8 Å². The molecule has 0 aliphatic carbocycles. The zero-order valence-electron chi connectivity index (χ0n) is 17.5. The highest BCUT2D eigenvalue weighted by Gasteiger charge is 2.23. The minimum atomic E-state index is -0.394. The molecule has 1 saturated heterocycles. The van der Waals surface area contributed by atoms with E-state index in [1.54, 1.807) is 36.8 Å². The van der Waals surface area contributed by atoms with Crippen molar-refractivity contribution in [2.45, 2.75) is 32.6 Å². The quantitative estimate of drug-likeness (QED) is 0.527. The summed E-state index contributed by atoms with van der Waals surface area (Å²) in [7, 11) is 0. The minimum Gasteiger partial charge on any atom is -0.354 e. The SMILES string of the molecule is CC(C)c1cnc(-c2cc(Cl)ccc2F)cc1Nc1ccncc1C(=O)N1CCCC1. The van der Waals surface area contributed by atoms with Gasteiger partial charge in [0.15, 0.2) is 0 Å². The van der Waals surface area contributed by atoms with E-state index in [0.717, 1.165) is 37.2 Å². The molecule has 1 aliphatic rings. The highest BCUT2D eigenvalue weighted by atomic mass is 35.5. The van der Waals surface area contributed by atoms with Gasteiger partial charge in [0.1, 0.15) is 5.82 Å². The number of carbonyl (C=O) groups is 1. The van der Waals surface area contributed by atoms with Crippen LogP contribution < -0.4 is 5.32 Å². The molecule has 1 amide bonds. The molecule has 2 aromatic heterocycles. The number of benzene rings is 1. The summed E-state index contributed by atoms with van der Waals surface area (Å²) in [5, 5.41) is 3.83. The summed E-state index contributed by atoms with van der Waals surface area (Å²) >= 11 is 6.08. The molecule has 0 unspecified atom stereocenters. The van der Waals surface area contributed by atoms with Crippen molar-refractivity contribution in [3.63, 3.8) is 0 Å².